The second-order valence-corrected chi connectivity index (χ2v) is 5.09. The van der Waals surface area contributed by atoms with Crippen LogP contribution in [0.5, 0.6) is 11.5 Å². The first-order chi connectivity index (χ1) is 10.6. The first kappa shape index (κ1) is 16.2. The number of halogens is 1. The Morgan fingerprint density at radius 3 is 2.50 bits per heavy atom. The molecule has 0 aromatic heterocycles. The van der Waals surface area contributed by atoms with Crippen molar-refractivity contribution in [3.63, 3.8) is 0 Å². The Balaban J connectivity index is 2.07. The normalized spacial score (nSPS) is 11.6. The number of hydrogen-bond acceptors (Lipinski definition) is 3. The third-order valence-corrected chi connectivity index (χ3v) is 3.37. The van der Waals surface area contributed by atoms with Crippen molar-refractivity contribution in [2.45, 2.75) is 19.4 Å². The summed E-state index contributed by atoms with van der Waals surface area (Å²) >= 11 is 5.84. The van der Waals surface area contributed by atoms with Gasteiger partial charge in [-0.05, 0) is 42.8 Å². The molecule has 0 unspecified atom stereocenters. The maximum Gasteiger partial charge on any atom is 0.265 e. The fourth-order valence-electron chi connectivity index (χ4n) is 1.96. The van der Waals surface area contributed by atoms with Crippen molar-refractivity contribution >= 4 is 23.2 Å². The van der Waals surface area contributed by atoms with Crippen molar-refractivity contribution < 1.29 is 14.3 Å². The van der Waals surface area contributed by atoms with E-state index in [9.17, 15) is 4.79 Å². The van der Waals surface area contributed by atoms with E-state index >= 15 is 0 Å². The minimum atomic E-state index is -0.592. The average Bonchev–Trinajstić information content (AvgIpc) is 2.54. The number of para-hydroxylation sites is 2. The summed E-state index contributed by atoms with van der Waals surface area (Å²) in [6.45, 7) is 1.89. The second kappa shape index (κ2) is 7.71. The SMILES string of the molecule is CC[C@@H](Oc1ccc(Cl)cc1)C(=O)Nc1ccccc1OC. The minimum Gasteiger partial charge on any atom is -0.495 e. The van der Waals surface area contributed by atoms with Gasteiger partial charge in [-0.25, -0.2) is 0 Å². The van der Waals surface area contributed by atoms with E-state index in [1.807, 2.05) is 19.1 Å². The lowest BCUT2D eigenvalue weighted by atomic mass is 10.2. The Hall–Kier alpha value is -2.20. The van der Waals surface area contributed by atoms with Crippen molar-refractivity contribution in [3.8, 4) is 11.5 Å². The fraction of sp³-hybridized carbons (Fsp3) is 0.235. The van der Waals surface area contributed by atoms with Gasteiger partial charge in [-0.2, -0.15) is 0 Å². The van der Waals surface area contributed by atoms with Gasteiger partial charge in [0.15, 0.2) is 6.10 Å². The van der Waals surface area contributed by atoms with Gasteiger partial charge in [0.05, 0.1) is 12.8 Å². The summed E-state index contributed by atoms with van der Waals surface area (Å²) in [4.78, 5) is 12.4. The van der Waals surface area contributed by atoms with Crippen molar-refractivity contribution in [2.24, 2.45) is 0 Å². The molecule has 0 saturated carbocycles. The van der Waals surface area contributed by atoms with Gasteiger partial charge < -0.3 is 14.8 Å². The summed E-state index contributed by atoms with van der Waals surface area (Å²) in [5, 5.41) is 3.45. The number of ether oxygens (including phenoxy) is 2. The van der Waals surface area contributed by atoms with Crippen LogP contribution in [0, 0.1) is 0 Å². The monoisotopic (exact) mass is 319 g/mol. The highest BCUT2D eigenvalue weighted by molar-refractivity contribution is 6.30. The van der Waals surface area contributed by atoms with Crippen LogP contribution < -0.4 is 14.8 Å². The third-order valence-electron chi connectivity index (χ3n) is 3.12. The van der Waals surface area contributed by atoms with Crippen molar-refractivity contribution in [1.29, 1.82) is 0 Å². The van der Waals surface area contributed by atoms with Crippen LogP contribution in [-0.2, 0) is 4.79 Å². The zero-order valence-electron chi connectivity index (χ0n) is 12.5. The fourth-order valence-corrected chi connectivity index (χ4v) is 2.09. The lowest BCUT2D eigenvalue weighted by Crippen LogP contribution is -2.32. The molecule has 116 valence electrons. The van der Waals surface area contributed by atoms with E-state index < -0.39 is 6.10 Å². The predicted octanol–water partition coefficient (Wildman–Crippen LogP) is 4.14. The molecule has 0 aliphatic carbocycles. The summed E-state index contributed by atoms with van der Waals surface area (Å²) in [6.07, 6.45) is -0.0463. The molecule has 0 aliphatic heterocycles. The van der Waals surface area contributed by atoms with Crippen LogP contribution in [0.3, 0.4) is 0 Å². The van der Waals surface area contributed by atoms with E-state index in [2.05, 4.69) is 5.32 Å². The highest BCUT2D eigenvalue weighted by Gasteiger charge is 2.19. The number of anilines is 1. The van der Waals surface area contributed by atoms with Crippen molar-refractivity contribution in [1.82, 2.24) is 0 Å². The van der Waals surface area contributed by atoms with Crippen molar-refractivity contribution in [3.05, 3.63) is 53.6 Å². The topological polar surface area (TPSA) is 47.6 Å². The molecule has 0 bridgehead atoms. The van der Waals surface area contributed by atoms with E-state index in [1.54, 1.807) is 43.5 Å². The zero-order chi connectivity index (χ0) is 15.9. The molecule has 2 rings (SSSR count). The van der Waals surface area contributed by atoms with Gasteiger partial charge in [-0.1, -0.05) is 30.7 Å². The number of nitrogens with one attached hydrogen (secondary N) is 1. The second-order valence-electron chi connectivity index (χ2n) is 4.66. The molecule has 22 heavy (non-hydrogen) atoms. The molecular formula is C17H18ClNO3. The van der Waals surface area contributed by atoms with E-state index in [0.29, 0.717) is 28.6 Å². The lowest BCUT2D eigenvalue weighted by molar-refractivity contribution is -0.122. The van der Waals surface area contributed by atoms with Gasteiger partial charge in [0, 0.05) is 5.02 Å². The molecule has 0 aliphatic rings. The Bertz CT molecular complexity index is 628. The van der Waals surface area contributed by atoms with Crippen LogP contribution in [0.2, 0.25) is 5.02 Å². The molecule has 4 nitrogen and oxygen atoms in total. The van der Waals surface area contributed by atoms with Gasteiger partial charge >= 0.3 is 0 Å². The number of carbonyl (C=O) groups excluding carboxylic acids is 1. The molecule has 0 saturated heterocycles. The number of methoxy groups -OCH3 is 1. The van der Waals surface area contributed by atoms with E-state index in [4.69, 9.17) is 21.1 Å². The molecule has 0 radical (unpaired) electrons. The summed E-state index contributed by atoms with van der Waals surface area (Å²) < 4.78 is 10.9. The summed E-state index contributed by atoms with van der Waals surface area (Å²) in [6, 6.07) is 14.2. The molecule has 0 heterocycles. The number of carbonyl (C=O) groups is 1. The highest BCUT2D eigenvalue weighted by Crippen LogP contribution is 2.24. The van der Waals surface area contributed by atoms with Crippen LogP contribution >= 0.6 is 11.6 Å². The maximum atomic E-state index is 12.4. The van der Waals surface area contributed by atoms with Crippen LogP contribution in [0.1, 0.15) is 13.3 Å². The standard InChI is InChI=1S/C17H18ClNO3/c1-3-15(22-13-10-8-12(18)9-11-13)17(20)19-14-6-4-5-7-16(14)21-2/h4-11,15H,3H2,1-2H3,(H,19,20)/t15-/m1/s1. The smallest absolute Gasteiger partial charge is 0.265 e. The molecular weight excluding hydrogens is 302 g/mol. The van der Waals surface area contributed by atoms with Gasteiger partial charge in [-0.15, -0.1) is 0 Å². The van der Waals surface area contributed by atoms with E-state index in [0.717, 1.165) is 0 Å². The molecule has 5 heteroatoms. The predicted molar refractivity (Wildman–Crippen MR) is 87.8 cm³/mol. The summed E-state index contributed by atoms with van der Waals surface area (Å²) in [5.74, 6) is 0.991. The molecule has 1 atom stereocenters. The van der Waals surface area contributed by atoms with Crippen molar-refractivity contribution in [2.75, 3.05) is 12.4 Å². The Morgan fingerprint density at radius 1 is 1.18 bits per heavy atom. The van der Waals surface area contributed by atoms with Gasteiger partial charge in [-0.3, -0.25) is 4.79 Å². The average molecular weight is 320 g/mol. The molecule has 1 N–H and O–H groups in total. The van der Waals surface area contributed by atoms with Crippen LogP contribution in [0.4, 0.5) is 5.69 Å². The maximum absolute atomic E-state index is 12.4. The lowest BCUT2D eigenvalue weighted by Gasteiger charge is -2.18. The number of rotatable bonds is 6. The largest absolute Gasteiger partial charge is 0.495 e. The molecule has 0 fully saturated rings. The number of benzene rings is 2. The third kappa shape index (κ3) is 4.15. The van der Waals surface area contributed by atoms with E-state index in [-0.39, 0.29) is 5.91 Å². The molecule has 2 aromatic carbocycles. The summed E-state index contributed by atoms with van der Waals surface area (Å²) in [7, 11) is 1.56. The highest BCUT2D eigenvalue weighted by atomic mass is 35.5. The van der Waals surface area contributed by atoms with Crippen LogP contribution in [-0.4, -0.2) is 19.1 Å². The number of hydrogen-bond donors (Lipinski definition) is 1. The Morgan fingerprint density at radius 2 is 1.86 bits per heavy atom. The van der Waals surface area contributed by atoms with E-state index in [1.165, 1.54) is 0 Å². The Kier molecular flexibility index (Phi) is 5.67. The number of amides is 1. The minimum absolute atomic E-state index is 0.220. The van der Waals surface area contributed by atoms with Gasteiger partial charge in [0.25, 0.3) is 5.91 Å². The van der Waals surface area contributed by atoms with Crippen LogP contribution in [0.25, 0.3) is 0 Å². The quantitative estimate of drug-likeness (QED) is 0.870. The molecule has 2 aromatic rings. The zero-order valence-corrected chi connectivity index (χ0v) is 13.3. The van der Waals surface area contributed by atoms with Gasteiger partial charge in [0.1, 0.15) is 11.5 Å². The van der Waals surface area contributed by atoms with Crippen LogP contribution in [0.15, 0.2) is 48.5 Å². The summed E-state index contributed by atoms with van der Waals surface area (Å²) in [5.41, 5.74) is 0.619. The first-order valence-corrected chi connectivity index (χ1v) is 7.38. The van der Waals surface area contributed by atoms with Gasteiger partial charge in [0.2, 0.25) is 0 Å². The first-order valence-electron chi connectivity index (χ1n) is 7.00. The molecule has 0 spiro atoms. The Labute approximate surface area is 135 Å². The molecule has 1 amide bonds.